The average molecular weight is 212 g/mol. The summed E-state index contributed by atoms with van der Waals surface area (Å²) < 4.78 is 5.32. The van der Waals surface area contributed by atoms with E-state index in [9.17, 15) is 0 Å². The van der Waals surface area contributed by atoms with Crippen LogP contribution in [0.4, 0.5) is 0 Å². The van der Waals surface area contributed by atoms with Gasteiger partial charge in [0.2, 0.25) is 0 Å². The van der Waals surface area contributed by atoms with Gasteiger partial charge in [-0.05, 0) is 31.6 Å². The molecule has 4 atom stereocenters. The number of hydrogen-bond acceptors (Lipinski definition) is 3. The van der Waals surface area contributed by atoms with Gasteiger partial charge in [-0.25, -0.2) is 0 Å². The van der Waals surface area contributed by atoms with Crippen LogP contribution in [0.25, 0.3) is 0 Å². The molecule has 0 aromatic rings. The molecule has 0 amide bonds. The third kappa shape index (κ3) is 2.52. The number of likely N-dealkylation sites (tertiary alicyclic amines) is 1. The van der Waals surface area contributed by atoms with Crippen LogP contribution in [0.15, 0.2) is 0 Å². The van der Waals surface area contributed by atoms with Crippen molar-refractivity contribution in [3.63, 3.8) is 0 Å². The second-order valence-electron chi connectivity index (χ2n) is 5.28. The van der Waals surface area contributed by atoms with Gasteiger partial charge < -0.3 is 15.4 Å². The standard InChI is InChI=1S/C12H24N2O/c1-9(15-2)6-14-7-10-4-3-5-12(13)11(10)8-14/h9-12H,3-8,13H2,1-2H3. The Labute approximate surface area is 93.0 Å². The molecule has 0 spiro atoms. The Bertz CT molecular complexity index is 210. The highest BCUT2D eigenvalue weighted by Crippen LogP contribution is 2.35. The van der Waals surface area contributed by atoms with Gasteiger partial charge in [-0.3, -0.25) is 0 Å². The average Bonchev–Trinajstić information content (AvgIpc) is 2.62. The molecule has 1 saturated carbocycles. The van der Waals surface area contributed by atoms with E-state index in [0.29, 0.717) is 12.1 Å². The summed E-state index contributed by atoms with van der Waals surface area (Å²) in [4.78, 5) is 2.54. The Morgan fingerprint density at radius 1 is 1.40 bits per heavy atom. The Morgan fingerprint density at radius 3 is 2.87 bits per heavy atom. The van der Waals surface area contributed by atoms with Crippen LogP contribution in [0.1, 0.15) is 26.2 Å². The van der Waals surface area contributed by atoms with E-state index < -0.39 is 0 Å². The Balaban J connectivity index is 1.87. The SMILES string of the molecule is COC(C)CN1CC2CCCC(N)C2C1. The minimum absolute atomic E-state index is 0.348. The first-order valence-corrected chi connectivity index (χ1v) is 6.21. The zero-order valence-corrected chi connectivity index (χ0v) is 9.98. The van der Waals surface area contributed by atoms with Gasteiger partial charge in [0.05, 0.1) is 6.10 Å². The van der Waals surface area contributed by atoms with Gasteiger partial charge >= 0.3 is 0 Å². The molecular weight excluding hydrogens is 188 g/mol. The molecule has 2 rings (SSSR count). The Kier molecular flexibility index (Phi) is 3.65. The summed E-state index contributed by atoms with van der Waals surface area (Å²) >= 11 is 0. The molecule has 1 heterocycles. The lowest BCUT2D eigenvalue weighted by Gasteiger charge is -2.29. The van der Waals surface area contributed by atoms with E-state index in [1.54, 1.807) is 7.11 Å². The number of ether oxygens (including phenoxy) is 1. The van der Waals surface area contributed by atoms with E-state index in [4.69, 9.17) is 10.5 Å². The number of nitrogens with zero attached hydrogens (tertiary/aromatic N) is 1. The molecule has 1 aliphatic carbocycles. The van der Waals surface area contributed by atoms with Crippen LogP contribution in [0, 0.1) is 11.8 Å². The van der Waals surface area contributed by atoms with Gasteiger partial charge in [0.1, 0.15) is 0 Å². The lowest BCUT2D eigenvalue weighted by molar-refractivity contribution is 0.0832. The molecule has 3 nitrogen and oxygen atoms in total. The summed E-state index contributed by atoms with van der Waals surface area (Å²) in [5.41, 5.74) is 6.19. The summed E-state index contributed by atoms with van der Waals surface area (Å²) in [7, 11) is 1.79. The van der Waals surface area contributed by atoms with Crippen LogP contribution in [0.3, 0.4) is 0 Å². The zero-order valence-electron chi connectivity index (χ0n) is 9.98. The quantitative estimate of drug-likeness (QED) is 0.761. The van der Waals surface area contributed by atoms with E-state index >= 15 is 0 Å². The van der Waals surface area contributed by atoms with Gasteiger partial charge in [0.25, 0.3) is 0 Å². The fourth-order valence-corrected chi connectivity index (χ4v) is 3.20. The lowest BCUT2D eigenvalue weighted by Crippen LogP contribution is -2.38. The maximum Gasteiger partial charge on any atom is 0.0670 e. The molecule has 1 saturated heterocycles. The van der Waals surface area contributed by atoms with Crippen molar-refractivity contribution in [2.45, 2.75) is 38.3 Å². The van der Waals surface area contributed by atoms with Crippen molar-refractivity contribution >= 4 is 0 Å². The third-order valence-corrected chi connectivity index (χ3v) is 4.15. The topological polar surface area (TPSA) is 38.5 Å². The first-order valence-electron chi connectivity index (χ1n) is 6.21. The first-order chi connectivity index (χ1) is 7.20. The molecule has 4 unspecified atom stereocenters. The van der Waals surface area contributed by atoms with Crippen LogP contribution in [0.5, 0.6) is 0 Å². The summed E-state index contributed by atoms with van der Waals surface area (Å²) in [5, 5.41) is 0. The van der Waals surface area contributed by atoms with Crippen LogP contribution < -0.4 is 5.73 Å². The number of hydrogen-bond donors (Lipinski definition) is 1. The van der Waals surface area contributed by atoms with Crippen molar-refractivity contribution in [2.24, 2.45) is 17.6 Å². The van der Waals surface area contributed by atoms with Gasteiger partial charge in [-0.2, -0.15) is 0 Å². The monoisotopic (exact) mass is 212 g/mol. The van der Waals surface area contributed by atoms with Crippen molar-refractivity contribution in [1.82, 2.24) is 4.90 Å². The maximum atomic E-state index is 6.19. The highest BCUT2D eigenvalue weighted by molar-refractivity contribution is 4.93. The van der Waals surface area contributed by atoms with Crippen LogP contribution in [-0.2, 0) is 4.74 Å². The summed E-state index contributed by atoms with van der Waals surface area (Å²) in [6, 6.07) is 0.451. The molecule has 0 radical (unpaired) electrons. The molecular formula is C12H24N2O. The molecule has 0 aromatic carbocycles. The molecule has 2 N–H and O–H groups in total. The zero-order chi connectivity index (χ0) is 10.8. The maximum absolute atomic E-state index is 6.19. The predicted octanol–water partition coefficient (Wildman–Crippen LogP) is 1.08. The van der Waals surface area contributed by atoms with Gasteiger partial charge in [-0.1, -0.05) is 6.42 Å². The summed E-state index contributed by atoms with van der Waals surface area (Å²) in [6.45, 7) is 5.64. The minimum Gasteiger partial charge on any atom is -0.380 e. The van der Waals surface area contributed by atoms with Crippen molar-refractivity contribution in [3.05, 3.63) is 0 Å². The molecule has 15 heavy (non-hydrogen) atoms. The normalized spacial score (nSPS) is 39.0. The van der Waals surface area contributed by atoms with Crippen LogP contribution >= 0.6 is 0 Å². The van der Waals surface area contributed by atoms with E-state index in [1.807, 2.05) is 0 Å². The summed E-state index contributed by atoms with van der Waals surface area (Å²) in [5.74, 6) is 1.61. The molecule has 88 valence electrons. The lowest BCUT2D eigenvalue weighted by atomic mass is 9.78. The van der Waals surface area contributed by atoms with Crippen molar-refractivity contribution < 1.29 is 4.74 Å². The third-order valence-electron chi connectivity index (χ3n) is 4.15. The summed E-state index contributed by atoms with van der Waals surface area (Å²) in [6.07, 6.45) is 4.29. The Hall–Kier alpha value is -0.120. The molecule has 0 bridgehead atoms. The van der Waals surface area contributed by atoms with Crippen LogP contribution in [0.2, 0.25) is 0 Å². The predicted molar refractivity (Wildman–Crippen MR) is 61.7 cm³/mol. The Morgan fingerprint density at radius 2 is 2.20 bits per heavy atom. The fourth-order valence-electron chi connectivity index (χ4n) is 3.20. The molecule has 1 aliphatic heterocycles. The van der Waals surface area contributed by atoms with Gasteiger partial charge in [0.15, 0.2) is 0 Å². The van der Waals surface area contributed by atoms with Crippen LogP contribution in [-0.4, -0.2) is 43.8 Å². The number of nitrogens with two attached hydrogens (primary N) is 1. The van der Waals surface area contributed by atoms with Crippen molar-refractivity contribution in [1.29, 1.82) is 0 Å². The van der Waals surface area contributed by atoms with Crippen molar-refractivity contribution in [2.75, 3.05) is 26.7 Å². The van der Waals surface area contributed by atoms with E-state index in [2.05, 4.69) is 11.8 Å². The van der Waals surface area contributed by atoms with Crippen molar-refractivity contribution in [3.8, 4) is 0 Å². The smallest absolute Gasteiger partial charge is 0.0670 e. The molecule has 2 fully saturated rings. The second-order valence-corrected chi connectivity index (χ2v) is 5.28. The first kappa shape index (κ1) is 11.4. The number of rotatable bonds is 3. The molecule has 0 aromatic heterocycles. The fraction of sp³-hybridized carbons (Fsp3) is 1.00. The van der Waals surface area contributed by atoms with E-state index in [1.165, 1.54) is 32.4 Å². The number of fused-ring (bicyclic) bond motifs is 1. The molecule has 2 aliphatic rings. The highest BCUT2D eigenvalue weighted by atomic mass is 16.5. The largest absolute Gasteiger partial charge is 0.380 e. The van der Waals surface area contributed by atoms with Gasteiger partial charge in [0, 0.05) is 32.8 Å². The van der Waals surface area contributed by atoms with E-state index in [-0.39, 0.29) is 0 Å². The number of methoxy groups -OCH3 is 1. The minimum atomic E-state index is 0.348. The van der Waals surface area contributed by atoms with E-state index in [0.717, 1.165) is 18.4 Å². The second kappa shape index (κ2) is 4.81. The molecule has 3 heteroatoms. The van der Waals surface area contributed by atoms with Gasteiger partial charge in [-0.15, -0.1) is 0 Å². The highest BCUT2D eigenvalue weighted by Gasteiger charge is 2.38.